The van der Waals surface area contributed by atoms with Crippen LogP contribution in [0, 0.1) is 6.92 Å². The number of nitrogens with zero attached hydrogens (tertiary/aromatic N) is 2. The van der Waals surface area contributed by atoms with Gasteiger partial charge in [0, 0.05) is 28.5 Å². The van der Waals surface area contributed by atoms with E-state index in [4.69, 9.17) is 37.7 Å². The zero-order valence-corrected chi connectivity index (χ0v) is 19.8. The highest BCUT2D eigenvalue weighted by molar-refractivity contribution is 7.80. The molecular formula is C26H20ClN3O3S. The number of rotatable bonds is 4. The number of hydrogen-bond donors (Lipinski definition) is 1. The molecular weight excluding hydrogens is 470 g/mol. The molecule has 2 atom stereocenters. The predicted octanol–water partition coefficient (Wildman–Crippen LogP) is 6.21. The second-order valence-corrected chi connectivity index (χ2v) is 8.94. The number of halogens is 1. The highest BCUT2D eigenvalue weighted by Gasteiger charge is 2.43. The number of aromatic nitrogens is 1. The molecule has 34 heavy (non-hydrogen) atoms. The van der Waals surface area contributed by atoms with Gasteiger partial charge in [-0.15, -0.1) is 0 Å². The van der Waals surface area contributed by atoms with Crippen LogP contribution >= 0.6 is 23.8 Å². The zero-order chi connectivity index (χ0) is 23.2. The molecule has 0 saturated carbocycles. The van der Waals surface area contributed by atoms with Gasteiger partial charge in [-0.1, -0.05) is 29.8 Å². The van der Waals surface area contributed by atoms with Crippen LogP contribution in [0.1, 0.15) is 29.1 Å². The zero-order valence-electron chi connectivity index (χ0n) is 18.2. The summed E-state index contributed by atoms with van der Waals surface area (Å²) in [7, 11) is 0. The molecule has 1 saturated heterocycles. The van der Waals surface area contributed by atoms with E-state index in [-0.39, 0.29) is 18.9 Å². The third-order valence-electron chi connectivity index (χ3n) is 6.18. The summed E-state index contributed by atoms with van der Waals surface area (Å²) in [5, 5.41) is 4.73. The van der Waals surface area contributed by atoms with Gasteiger partial charge < -0.3 is 24.1 Å². The van der Waals surface area contributed by atoms with Gasteiger partial charge >= 0.3 is 0 Å². The number of anilines is 1. The van der Waals surface area contributed by atoms with E-state index in [0.717, 1.165) is 39.8 Å². The Labute approximate surface area is 207 Å². The van der Waals surface area contributed by atoms with Crippen molar-refractivity contribution >= 4 is 34.6 Å². The number of ether oxygens (including phenoxy) is 2. The van der Waals surface area contributed by atoms with E-state index in [1.165, 1.54) is 0 Å². The Balaban J connectivity index is 1.46. The predicted molar refractivity (Wildman–Crippen MR) is 134 cm³/mol. The second kappa shape index (κ2) is 8.34. The van der Waals surface area contributed by atoms with Crippen molar-refractivity contribution in [1.82, 2.24) is 10.3 Å². The highest BCUT2D eigenvalue weighted by atomic mass is 35.5. The summed E-state index contributed by atoms with van der Waals surface area (Å²) in [5.41, 5.74) is 3.67. The second-order valence-electron chi connectivity index (χ2n) is 8.15. The van der Waals surface area contributed by atoms with Crippen LogP contribution in [-0.4, -0.2) is 16.9 Å². The van der Waals surface area contributed by atoms with Crippen molar-refractivity contribution in [3.05, 3.63) is 95.0 Å². The van der Waals surface area contributed by atoms with Crippen LogP contribution in [-0.2, 0) is 0 Å². The van der Waals surface area contributed by atoms with Crippen LogP contribution in [0.2, 0.25) is 5.02 Å². The molecule has 2 aliphatic rings. The number of nitrogens with one attached hydrogen (secondary N) is 1. The number of benzene rings is 2. The average molecular weight is 490 g/mol. The Morgan fingerprint density at radius 3 is 2.76 bits per heavy atom. The molecule has 0 radical (unpaired) electrons. The number of hydrogen-bond acceptors (Lipinski definition) is 5. The van der Waals surface area contributed by atoms with Gasteiger partial charge in [-0.3, -0.25) is 4.98 Å². The summed E-state index contributed by atoms with van der Waals surface area (Å²) in [6.45, 7) is 2.20. The first-order chi connectivity index (χ1) is 16.6. The summed E-state index contributed by atoms with van der Waals surface area (Å²) in [6, 6.07) is 21.0. The first-order valence-corrected chi connectivity index (χ1v) is 11.6. The van der Waals surface area contributed by atoms with Gasteiger partial charge in [0.15, 0.2) is 16.6 Å². The lowest BCUT2D eigenvalue weighted by molar-refractivity contribution is 0.174. The van der Waals surface area contributed by atoms with Crippen LogP contribution in [0.4, 0.5) is 5.69 Å². The molecule has 2 aliphatic heterocycles. The quantitative estimate of drug-likeness (QED) is 0.342. The molecule has 6 rings (SSSR count). The summed E-state index contributed by atoms with van der Waals surface area (Å²) in [6.07, 6.45) is 1.78. The van der Waals surface area contributed by atoms with Crippen molar-refractivity contribution in [2.45, 2.75) is 19.0 Å². The third kappa shape index (κ3) is 3.48. The molecule has 0 unspecified atom stereocenters. The smallest absolute Gasteiger partial charge is 0.231 e. The molecule has 0 aliphatic carbocycles. The van der Waals surface area contributed by atoms with E-state index in [1.54, 1.807) is 6.20 Å². The fourth-order valence-electron chi connectivity index (χ4n) is 4.49. The van der Waals surface area contributed by atoms with Gasteiger partial charge in [0.05, 0.1) is 11.7 Å². The van der Waals surface area contributed by atoms with Crippen LogP contribution in [0.3, 0.4) is 0 Å². The van der Waals surface area contributed by atoms with Crippen molar-refractivity contribution in [3.8, 4) is 22.8 Å². The normalized spacial score (nSPS) is 18.9. The molecule has 8 heteroatoms. The van der Waals surface area contributed by atoms with Crippen LogP contribution < -0.4 is 19.7 Å². The minimum atomic E-state index is -0.268. The van der Waals surface area contributed by atoms with E-state index < -0.39 is 0 Å². The van der Waals surface area contributed by atoms with E-state index >= 15 is 0 Å². The molecule has 6 nitrogen and oxygen atoms in total. The molecule has 1 fully saturated rings. The number of furan rings is 1. The number of fused-ring (bicyclic) bond motifs is 1. The number of pyridine rings is 1. The van der Waals surface area contributed by atoms with Crippen molar-refractivity contribution < 1.29 is 13.9 Å². The first kappa shape index (κ1) is 21.0. The van der Waals surface area contributed by atoms with E-state index in [9.17, 15) is 0 Å². The Bertz CT molecular complexity index is 1390. The number of thiocarbonyl (C=S) groups is 1. The average Bonchev–Trinajstić information content (AvgIpc) is 3.59. The summed E-state index contributed by atoms with van der Waals surface area (Å²) in [5.74, 6) is 2.92. The maximum atomic E-state index is 6.45. The van der Waals surface area contributed by atoms with Gasteiger partial charge in [0.2, 0.25) is 6.79 Å². The molecule has 4 heterocycles. The van der Waals surface area contributed by atoms with E-state index in [0.29, 0.717) is 15.9 Å². The summed E-state index contributed by atoms with van der Waals surface area (Å²) in [4.78, 5) is 6.64. The first-order valence-electron chi connectivity index (χ1n) is 10.9. The molecule has 0 amide bonds. The Morgan fingerprint density at radius 2 is 1.91 bits per heavy atom. The minimum absolute atomic E-state index is 0.210. The lowest BCUT2D eigenvalue weighted by atomic mass is 10.0. The fourth-order valence-corrected chi connectivity index (χ4v) is 5.01. The SMILES string of the molecule is Cc1c(Cl)cccc1-c1ccc([C@H]2[C@H](c3ccccn3)NC(=S)N2c2ccc3c(c2)OCO3)o1. The third-order valence-corrected chi connectivity index (χ3v) is 6.91. The minimum Gasteiger partial charge on any atom is -0.459 e. The van der Waals surface area contributed by atoms with Gasteiger partial charge in [-0.25, -0.2) is 0 Å². The molecule has 0 bridgehead atoms. The summed E-state index contributed by atoms with van der Waals surface area (Å²) >= 11 is 12.2. The Morgan fingerprint density at radius 1 is 1.03 bits per heavy atom. The molecule has 1 N–H and O–H groups in total. The maximum Gasteiger partial charge on any atom is 0.231 e. The van der Waals surface area contributed by atoms with Crippen LogP contribution in [0.5, 0.6) is 11.5 Å². The Kier molecular flexibility index (Phi) is 5.16. The molecule has 2 aromatic carbocycles. The maximum absolute atomic E-state index is 6.45. The van der Waals surface area contributed by atoms with Crippen LogP contribution in [0.25, 0.3) is 11.3 Å². The summed E-state index contributed by atoms with van der Waals surface area (Å²) < 4.78 is 17.6. The van der Waals surface area contributed by atoms with Gasteiger partial charge in [-0.05, 0) is 67.2 Å². The Hall–Kier alpha value is -3.55. The van der Waals surface area contributed by atoms with Crippen molar-refractivity contribution in [1.29, 1.82) is 0 Å². The lowest BCUT2D eigenvalue weighted by Gasteiger charge is -2.26. The van der Waals surface area contributed by atoms with E-state index in [2.05, 4.69) is 10.3 Å². The molecule has 4 aromatic rings. The highest BCUT2D eigenvalue weighted by Crippen LogP contribution is 2.45. The molecule has 170 valence electrons. The van der Waals surface area contributed by atoms with Crippen molar-refractivity contribution in [2.75, 3.05) is 11.7 Å². The monoisotopic (exact) mass is 489 g/mol. The van der Waals surface area contributed by atoms with E-state index in [1.807, 2.05) is 78.6 Å². The van der Waals surface area contributed by atoms with Gasteiger partial charge in [-0.2, -0.15) is 0 Å². The van der Waals surface area contributed by atoms with Gasteiger partial charge in [0.1, 0.15) is 17.6 Å². The lowest BCUT2D eigenvalue weighted by Crippen LogP contribution is -2.29. The molecule has 2 aromatic heterocycles. The largest absolute Gasteiger partial charge is 0.459 e. The van der Waals surface area contributed by atoms with Crippen molar-refractivity contribution in [3.63, 3.8) is 0 Å². The topological polar surface area (TPSA) is 59.8 Å². The molecule has 0 spiro atoms. The van der Waals surface area contributed by atoms with Crippen LogP contribution in [0.15, 0.2) is 77.3 Å². The fraction of sp³-hybridized carbons (Fsp3) is 0.154. The standard InChI is InChI=1S/C26H20ClN3O3S/c1-15-17(5-4-6-18(15)27)20-10-11-22(33-20)25-24(19-7-2-3-12-28-19)29-26(34)30(25)16-8-9-21-23(13-16)32-14-31-21/h2-13,24-25H,14H2,1H3,(H,29,34)/t24-,25-/m0/s1. The van der Waals surface area contributed by atoms with Gasteiger partial charge in [0.25, 0.3) is 0 Å². The van der Waals surface area contributed by atoms with Crippen molar-refractivity contribution in [2.24, 2.45) is 0 Å².